The normalized spacial score (nSPS) is 10.1. The molecule has 0 saturated heterocycles. The van der Waals surface area contributed by atoms with Crippen molar-refractivity contribution in [2.45, 2.75) is 0 Å². The highest BCUT2D eigenvalue weighted by Crippen LogP contribution is 2.25. The SMILES string of the molecule is COc1ccc(C(=O)COC(=O)COc2cccc(Br)c2)cc1Cl. The van der Waals surface area contributed by atoms with Gasteiger partial charge in [-0.05, 0) is 36.4 Å². The Kier molecular flexibility index (Phi) is 6.63. The Balaban J connectivity index is 1.82. The van der Waals surface area contributed by atoms with Gasteiger partial charge in [-0.2, -0.15) is 0 Å². The summed E-state index contributed by atoms with van der Waals surface area (Å²) in [6.45, 7) is -0.670. The minimum absolute atomic E-state index is 0.285. The van der Waals surface area contributed by atoms with Crippen molar-refractivity contribution in [3.8, 4) is 11.5 Å². The van der Waals surface area contributed by atoms with Crippen LogP contribution in [0.15, 0.2) is 46.9 Å². The topological polar surface area (TPSA) is 61.8 Å². The number of Topliss-reactive ketones (excluding diaryl/α,β-unsaturated/α-hetero) is 1. The first-order valence-corrected chi connectivity index (χ1v) is 8.07. The van der Waals surface area contributed by atoms with Crippen molar-refractivity contribution in [1.82, 2.24) is 0 Å². The fraction of sp³-hybridized carbons (Fsp3) is 0.176. The number of halogens is 2. The maximum absolute atomic E-state index is 12.0. The number of rotatable bonds is 7. The number of hydrogen-bond acceptors (Lipinski definition) is 5. The van der Waals surface area contributed by atoms with Crippen LogP contribution in [-0.4, -0.2) is 32.1 Å². The van der Waals surface area contributed by atoms with Crippen LogP contribution < -0.4 is 9.47 Å². The quantitative estimate of drug-likeness (QED) is 0.509. The van der Waals surface area contributed by atoms with Gasteiger partial charge in [-0.1, -0.05) is 33.6 Å². The van der Waals surface area contributed by atoms with E-state index in [0.717, 1.165) is 4.47 Å². The second-order valence-electron chi connectivity index (χ2n) is 4.68. The molecule has 0 aliphatic heterocycles. The fourth-order valence-electron chi connectivity index (χ4n) is 1.81. The van der Waals surface area contributed by atoms with Crippen molar-refractivity contribution in [2.24, 2.45) is 0 Å². The van der Waals surface area contributed by atoms with Gasteiger partial charge >= 0.3 is 5.97 Å². The lowest BCUT2D eigenvalue weighted by Gasteiger charge is -2.08. The number of methoxy groups -OCH3 is 1. The van der Waals surface area contributed by atoms with Crippen LogP contribution in [-0.2, 0) is 9.53 Å². The molecule has 0 aliphatic rings. The van der Waals surface area contributed by atoms with E-state index in [4.69, 9.17) is 25.8 Å². The van der Waals surface area contributed by atoms with E-state index in [1.165, 1.54) is 13.2 Å². The molecule has 0 aromatic heterocycles. The summed E-state index contributed by atoms with van der Waals surface area (Å²) in [5.74, 6) is -0.0134. The lowest BCUT2D eigenvalue weighted by Crippen LogP contribution is -2.19. The Bertz CT molecular complexity index is 748. The molecule has 2 aromatic carbocycles. The number of hydrogen-bond donors (Lipinski definition) is 0. The van der Waals surface area contributed by atoms with Crippen LogP contribution in [0.25, 0.3) is 0 Å². The molecule has 0 unspecified atom stereocenters. The van der Waals surface area contributed by atoms with Crippen molar-refractivity contribution in [3.63, 3.8) is 0 Å². The van der Waals surface area contributed by atoms with E-state index in [1.54, 1.807) is 30.3 Å². The standard InChI is InChI=1S/C17H14BrClO5/c1-22-16-6-5-11(7-14(16)19)15(20)9-24-17(21)10-23-13-4-2-3-12(18)8-13/h2-8H,9-10H2,1H3. The van der Waals surface area contributed by atoms with Gasteiger partial charge < -0.3 is 14.2 Å². The van der Waals surface area contributed by atoms with Crippen LogP contribution in [0.4, 0.5) is 0 Å². The zero-order chi connectivity index (χ0) is 17.5. The summed E-state index contributed by atoms with van der Waals surface area (Å²) in [6, 6.07) is 11.6. The maximum atomic E-state index is 12.0. The van der Waals surface area contributed by atoms with Crippen molar-refractivity contribution in [3.05, 3.63) is 57.5 Å². The van der Waals surface area contributed by atoms with Gasteiger partial charge in [-0.15, -0.1) is 0 Å². The average Bonchev–Trinajstić information content (AvgIpc) is 2.57. The first-order valence-electron chi connectivity index (χ1n) is 6.90. The van der Waals surface area contributed by atoms with E-state index in [1.807, 2.05) is 6.07 Å². The summed E-state index contributed by atoms with van der Waals surface area (Å²) in [5, 5.41) is 0.313. The van der Waals surface area contributed by atoms with Gasteiger partial charge in [0.1, 0.15) is 11.5 Å². The molecule has 2 aromatic rings. The lowest BCUT2D eigenvalue weighted by molar-refractivity contribution is -0.144. The van der Waals surface area contributed by atoms with Gasteiger partial charge in [0.05, 0.1) is 12.1 Å². The second kappa shape index (κ2) is 8.70. The maximum Gasteiger partial charge on any atom is 0.344 e. The predicted molar refractivity (Wildman–Crippen MR) is 92.9 cm³/mol. The summed E-state index contributed by atoms with van der Waals surface area (Å²) in [7, 11) is 1.48. The van der Waals surface area contributed by atoms with Crippen molar-refractivity contribution in [2.75, 3.05) is 20.3 Å². The number of benzene rings is 2. The van der Waals surface area contributed by atoms with Crippen molar-refractivity contribution < 1.29 is 23.8 Å². The summed E-state index contributed by atoms with van der Waals surface area (Å²) in [4.78, 5) is 23.6. The molecule has 0 N–H and O–H groups in total. The number of esters is 1. The Morgan fingerprint density at radius 3 is 2.58 bits per heavy atom. The average molecular weight is 414 g/mol. The van der Waals surface area contributed by atoms with Crippen LogP contribution in [0.2, 0.25) is 5.02 Å². The Morgan fingerprint density at radius 2 is 1.92 bits per heavy atom. The van der Waals surface area contributed by atoms with Gasteiger partial charge in [0.15, 0.2) is 19.0 Å². The molecule has 5 nitrogen and oxygen atoms in total. The molecule has 0 saturated carbocycles. The smallest absolute Gasteiger partial charge is 0.344 e. The highest BCUT2D eigenvalue weighted by atomic mass is 79.9. The number of carbonyl (C=O) groups excluding carboxylic acids is 2. The number of ketones is 1. The lowest BCUT2D eigenvalue weighted by atomic mass is 10.1. The van der Waals surface area contributed by atoms with Crippen LogP contribution in [0.1, 0.15) is 10.4 Å². The molecule has 0 radical (unpaired) electrons. The molecule has 0 spiro atoms. The molecular weight excluding hydrogens is 400 g/mol. The zero-order valence-electron chi connectivity index (χ0n) is 12.8. The summed E-state index contributed by atoms with van der Waals surface area (Å²) in [5.41, 5.74) is 0.335. The van der Waals surface area contributed by atoms with E-state index in [2.05, 4.69) is 15.9 Å². The summed E-state index contributed by atoms with van der Waals surface area (Å²) >= 11 is 9.26. The van der Waals surface area contributed by atoms with Crippen molar-refractivity contribution in [1.29, 1.82) is 0 Å². The largest absolute Gasteiger partial charge is 0.495 e. The molecule has 0 aliphatic carbocycles. The molecule has 7 heteroatoms. The molecule has 0 bridgehead atoms. The van der Waals surface area contributed by atoms with Crippen LogP contribution in [0, 0.1) is 0 Å². The van der Waals surface area contributed by atoms with Crippen molar-refractivity contribution >= 4 is 39.3 Å². The third-order valence-corrected chi connectivity index (χ3v) is 3.78. The Morgan fingerprint density at radius 1 is 1.12 bits per heavy atom. The molecule has 0 amide bonds. The minimum Gasteiger partial charge on any atom is -0.495 e. The predicted octanol–water partition coefficient (Wildman–Crippen LogP) is 3.92. The molecule has 24 heavy (non-hydrogen) atoms. The molecule has 2 rings (SSSR count). The summed E-state index contributed by atoms with van der Waals surface area (Å²) < 4.78 is 16.0. The highest BCUT2D eigenvalue weighted by Gasteiger charge is 2.12. The van der Waals surface area contributed by atoms with Gasteiger partial charge in [0, 0.05) is 10.0 Å². The fourth-order valence-corrected chi connectivity index (χ4v) is 2.45. The van der Waals surface area contributed by atoms with Gasteiger partial charge in [0.25, 0.3) is 0 Å². The van der Waals surface area contributed by atoms with E-state index in [0.29, 0.717) is 22.1 Å². The number of carbonyl (C=O) groups is 2. The highest BCUT2D eigenvalue weighted by molar-refractivity contribution is 9.10. The van der Waals surface area contributed by atoms with Crippen LogP contribution >= 0.6 is 27.5 Å². The monoisotopic (exact) mass is 412 g/mol. The van der Waals surface area contributed by atoms with E-state index >= 15 is 0 Å². The van der Waals surface area contributed by atoms with E-state index in [-0.39, 0.29) is 19.0 Å². The molecular formula is C17H14BrClO5. The third-order valence-electron chi connectivity index (χ3n) is 2.99. The summed E-state index contributed by atoms with van der Waals surface area (Å²) in [6.07, 6.45) is 0. The first kappa shape index (κ1) is 18.3. The molecule has 0 atom stereocenters. The van der Waals surface area contributed by atoms with Crippen LogP contribution in [0.5, 0.6) is 11.5 Å². The molecule has 0 fully saturated rings. The Hall–Kier alpha value is -2.05. The zero-order valence-corrected chi connectivity index (χ0v) is 15.1. The Labute approximate surface area is 152 Å². The second-order valence-corrected chi connectivity index (χ2v) is 6.00. The first-order chi connectivity index (χ1) is 11.5. The van der Waals surface area contributed by atoms with Crippen LogP contribution in [0.3, 0.4) is 0 Å². The molecule has 126 valence electrons. The minimum atomic E-state index is -0.636. The third kappa shape index (κ3) is 5.25. The molecule has 0 heterocycles. The van der Waals surface area contributed by atoms with E-state index < -0.39 is 5.97 Å². The van der Waals surface area contributed by atoms with Gasteiger partial charge in [-0.3, -0.25) is 4.79 Å². The number of ether oxygens (including phenoxy) is 3. The van der Waals surface area contributed by atoms with Gasteiger partial charge in [0.2, 0.25) is 0 Å². The van der Waals surface area contributed by atoms with Gasteiger partial charge in [-0.25, -0.2) is 4.79 Å². The van der Waals surface area contributed by atoms with E-state index in [9.17, 15) is 9.59 Å².